The van der Waals surface area contributed by atoms with Crippen LogP contribution < -0.4 is 5.32 Å². The first-order chi connectivity index (χ1) is 10.8. The summed E-state index contributed by atoms with van der Waals surface area (Å²) in [7, 11) is -0.458. The molecule has 1 atom stereocenters. The third kappa shape index (κ3) is 4.53. The van der Waals surface area contributed by atoms with Crippen molar-refractivity contribution in [3.05, 3.63) is 24.3 Å². The highest BCUT2D eigenvalue weighted by molar-refractivity contribution is 7.89. The van der Waals surface area contributed by atoms with Gasteiger partial charge in [-0.05, 0) is 50.6 Å². The van der Waals surface area contributed by atoms with Gasteiger partial charge in [-0.2, -0.15) is 0 Å². The van der Waals surface area contributed by atoms with Crippen LogP contribution in [0.25, 0.3) is 0 Å². The normalized spacial score (nSPS) is 19.7. The van der Waals surface area contributed by atoms with Crippen LogP contribution in [0.3, 0.4) is 0 Å². The average Bonchev–Trinajstić information content (AvgIpc) is 2.50. The molecule has 1 aromatic rings. The van der Waals surface area contributed by atoms with E-state index in [1.807, 2.05) is 0 Å². The summed E-state index contributed by atoms with van der Waals surface area (Å²) in [5.41, 5.74) is 0.609. The zero-order valence-corrected chi connectivity index (χ0v) is 14.8. The van der Waals surface area contributed by atoms with E-state index in [4.69, 9.17) is 0 Å². The van der Waals surface area contributed by atoms with Crippen molar-refractivity contribution in [3.8, 4) is 0 Å². The molecule has 0 aromatic heterocycles. The number of hydrogen-bond donors (Lipinski definition) is 1. The molecular formula is C16H25N3O3S. The van der Waals surface area contributed by atoms with Crippen LogP contribution in [0.4, 0.5) is 5.69 Å². The number of sulfonamides is 1. The number of amides is 1. The van der Waals surface area contributed by atoms with Crippen LogP contribution in [-0.2, 0) is 14.8 Å². The molecule has 1 N–H and O–H groups in total. The van der Waals surface area contributed by atoms with Gasteiger partial charge in [-0.25, -0.2) is 12.7 Å². The molecule has 0 radical (unpaired) electrons. The Kier molecular flexibility index (Phi) is 5.78. The second-order valence-corrected chi connectivity index (χ2v) is 8.33. The quantitative estimate of drug-likeness (QED) is 0.887. The second-order valence-electron chi connectivity index (χ2n) is 6.18. The Hall–Kier alpha value is -1.44. The van der Waals surface area contributed by atoms with Crippen molar-refractivity contribution >= 4 is 21.6 Å². The maximum atomic E-state index is 12.1. The highest BCUT2D eigenvalue weighted by Crippen LogP contribution is 2.18. The summed E-state index contributed by atoms with van der Waals surface area (Å²) in [6, 6.07) is 6.69. The van der Waals surface area contributed by atoms with Crippen LogP contribution in [-0.4, -0.2) is 56.8 Å². The maximum Gasteiger partial charge on any atom is 0.242 e. The Labute approximate surface area is 138 Å². The van der Waals surface area contributed by atoms with Crippen molar-refractivity contribution in [2.75, 3.05) is 32.5 Å². The molecule has 2 rings (SSSR count). The molecule has 0 saturated carbocycles. The third-order valence-electron chi connectivity index (χ3n) is 4.20. The number of likely N-dealkylation sites (tertiary alicyclic amines) is 1. The monoisotopic (exact) mass is 339 g/mol. The molecule has 1 heterocycles. The number of rotatable bonds is 5. The van der Waals surface area contributed by atoms with E-state index in [9.17, 15) is 13.2 Å². The molecule has 1 amide bonds. The predicted molar refractivity (Wildman–Crippen MR) is 90.8 cm³/mol. The van der Waals surface area contributed by atoms with Gasteiger partial charge in [-0.1, -0.05) is 6.42 Å². The Balaban J connectivity index is 1.97. The molecule has 1 aliphatic rings. The summed E-state index contributed by atoms with van der Waals surface area (Å²) in [6.07, 6.45) is 3.49. The van der Waals surface area contributed by atoms with Crippen LogP contribution >= 0.6 is 0 Å². The van der Waals surface area contributed by atoms with Crippen molar-refractivity contribution in [1.82, 2.24) is 9.21 Å². The Morgan fingerprint density at radius 3 is 2.48 bits per heavy atom. The first kappa shape index (κ1) is 17.9. The van der Waals surface area contributed by atoms with Gasteiger partial charge in [-0.15, -0.1) is 0 Å². The van der Waals surface area contributed by atoms with Gasteiger partial charge in [0, 0.05) is 25.8 Å². The highest BCUT2D eigenvalue weighted by Gasteiger charge is 2.21. The largest absolute Gasteiger partial charge is 0.325 e. The topological polar surface area (TPSA) is 69.7 Å². The van der Waals surface area contributed by atoms with Crippen molar-refractivity contribution in [2.45, 2.75) is 37.1 Å². The predicted octanol–water partition coefficient (Wildman–Crippen LogP) is 1.75. The van der Waals surface area contributed by atoms with Gasteiger partial charge in [0.05, 0.1) is 11.4 Å². The minimum Gasteiger partial charge on any atom is -0.325 e. The molecule has 6 nitrogen and oxygen atoms in total. The summed E-state index contributed by atoms with van der Waals surface area (Å²) in [6.45, 7) is 3.47. The van der Waals surface area contributed by atoms with Crippen molar-refractivity contribution < 1.29 is 13.2 Å². The van der Waals surface area contributed by atoms with Gasteiger partial charge in [0.1, 0.15) is 0 Å². The third-order valence-corrected chi connectivity index (χ3v) is 6.03. The molecule has 1 unspecified atom stereocenters. The van der Waals surface area contributed by atoms with Crippen LogP contribution in [0.2, 0.25) is 0 Å². The lowest BCUT2D eigenvalue weighted by atomic mass is 10.0. The molecule has 7 heteroatoms. The van der Waals surface area contributed by atoms with E-state index in [1.54, 1.807) is 12.1 Å². The van der Waals surface area contributed by atoms with Crippen molar-refractivity contribution in [1.29, 1.82) is 0 Å². The van der Waals surface area contributed by atoms with Gasteiger partial charge in [-0.3, -0.25) is 9.69 Å². The molecule has 1 fully saturated rings. The van der Waals surface area contributed by atoms with Gasteiger partial charge in [0.2, 0.25) is 15.9 Å². The molecular weight excluding hydrogens is 314 g/mol. The Morgan fingerprint density at radius 1 is 1.26 bits per heavy atom. The lowest BCUT2D eigenvalue weighted by molar-refractivity contribution is -0.118. The van der Waals surface area contributed by atoms with Gasteiger partial charge in [0.15, 0.2) is 0 Å². The number of hydrogen-bond acceptors (Lipinski definition) is 4. The average molecular weight is 339 g/mol. The number of carbonyl (C=O) groups is 1. The lowest BCUT2D eigenvalue weighted by Crippen LogP contribution is -2.42. The van der Waals surface area contributed by atoms with Crippen molar-refractivity contribution in [3.63, 3.8) is 0 Å². The van der Waals surface area contributed by atoms with E-state index in [1.165, 1.54) is 37.0 Å². The molecule has 0 spiro atoms. The standard InChI is InChI=1S/C16H25N3O3S/c1-13-6-4-5-11-19(13)12-16(20)17-14-7-9-15(10-8-14)23(21,22)18(2)3/h7-10,13H,4-6,11-12H2,1-3H3,(H,17,20). The van der Waals surface area contributed by atoms with Crippen LogP contribution in [0, 0.1) is 0 Å². The molecule has 0 aliphatic carbocycles. The molecule has 0 bridgehead atoms. The fourth-order valence-corrected chi connectivity index (χ4v) is 3.60. The summed E-state index contributed by atoms with van der Waals surface area (Å²) in [5.74, 6) is -0.0676. The molecule has 1 aliphatic heterocycles. The fraction of sp³-hybridized carbons (Fsp3) is 0.562. The van der Waals surface area contributed by atoms with Crippen molar-refractivity contribution in [2.24, 2.45) is 0 Å². The minimum absolute atomic E-state index is 0.0676. The lowest BCUT2D eigenvalue weighted by Gasteiger charge is -2.32. The first-order valence-corrected chi connectivity index (χ1v) is 9.31. The van der Waals surface area contributed by atoms with Gasteiger partial charge < -0.3 is 5.32 Å². The van der Waals surface area contributed by atoms with E-state index in [0.29, 0.717) is 18.3 Å². The fourth-order valence-electron chi connectivity index (χ4n) is 2.70. The summed E-state index contributed by atoms with van der Waals surface area (Å²) in [4.78, 5) is 14.5. The molecule has 1 aromatic carbocycles. The zero-order valence-electron chi connectivity index (χ0n) is 13.9. The number of nitrogens with zero attached hydrogens (tertiary/aromatic N) is 2. The Bertz CT molecular complexity index is 641. The SMILES string of the molecule is CC1CCCCN1CC(=O)Nc1ccc(S(=O)(=O)N(C)C)cc1. The highest BCUT2D eigenvalue weighted by atomic mass is 32.2. The maximum absolute atomic E-state index is 12.1. The van der Waals surface area contributed by atoms with E-state index in [2.05, 4.69) is 17.1 Å². The second kappa shape index (κ2) is 7.42. The number of benzene rings is 1. The Morgan fingerprint density at radius 2 is 1.91 bits per heavy atom. The molecule has 128 valence electrons. The zero-order chi connectivity index (χ0) is 17.0. The van der Waals surface area contributed by atoms with Crippen LogP contribution in [0.5, 0.6) is 0 Å². The van der Waals surface area contributed by atoms with E-state index >= 15 is 0 Å². The minimum atomic E-state index is -3.44. The number of nitrogens with one attached hydrogen (secondary N) is 1. The number of anilines is 1. The van der Waals surface area contributed by atoms with E-state index in [0.717, 1.165) is 19.4 Å². The summed E-state index contributed by atoms with van der Waals surface area (Å²) >= 11 is 0. The molecule has 23 heavy (non-hydrogen) atoms. The van der Waals surface area contributed by atoms with E-state index < -0.39 is 10.0 Å². The van der Waals surface area contributed by atoms with Gasteiger partial charge in [0.25, 0.3) is 0 Å². The molecule has 1 saturated heterocycles. The summed E-state index contributed by atoms with van der Waals surface area (Å²) in [5, 5.41) is 2.83. The number of piperidine rings is 1. The van der Waals surface area contributed by atoms with E-state index in [-0.39, 0.29) is 10.8 Å². The number of carbonyl (C=O) groups excluding carboxylic acids is 1. The van der Waals surface area contributed by atoms with Crippen LogP contribution in [0.15, 0.2) is 29.2 Å². The smallest absolute Gasteiger partial charge is 0.242 e. The summed E-state index contributed by atoms with van der Waals surface area (Å²) < 4.78 is 25.2. The van der Waals surface area contributed by atoms with Crippen LogP contribution in [0.1, 0.15) is 26.2 Å². The first-order valence-electron chi connectivity index (χ1n) is 7.87. The van der Waals surface area contributed by atoms with Gasteiger partial charge >= 0.3 is 0 Å².